The molecule has 6 rings (SSSR count). The largest absolute Gasteiger partial charge is 0.370 e. The number of aliphatic imine (C=N–C) groups is 1. The van der Waals surface area contributed by atoms with E-state index in [0.29, 0.717) is 28.9 Å². The lowest BCUT2D eigenvalue weighted by molar-refractivity contribution is 0.0982. The highest BCUT2D eigenvalue weighted by Crippen LogP contribution is 2.29. The highest BCUT2D eigenvalue weighted by molar-refractivity contribution is 6.35. The quantitative estimate of drug-likeness (QED) is 0.522. The lowest BCUT2D eigenvalue weighted by atomic mass is 9.99. The first kappa shape index (κ1) is 23.5. The second-order valence-corrected chi connectivity index (χ2v) is 10.4. The number of pyridine rings is 2. The monoisotopic (exact) mass is 504 g/mol. The molecule has 2 aromatic heterocycles. The number of fused-ring (bicyclic) bond motifs is 1. The molecule has 0 unspecified atom stereocenters. The molecule has 0 atom stereocenters. The summed E-state index contributed by atoms with van der Waals surface area (Å²) < 4.78 is 14.6. The Labute approximate surface area is 216 Å². The molecule has 186 valence electrons. The van der Waals surface area contributed by atoms with Gasteiger partial charge in [0.05, 0.1) is 40.9 Å². The molecule has 3 aliphatic rings. The van der Waals surface area contributed by atoms with Gasteiger partial charge in [-0.25, -0.2) is 9.37 Å². The van der Waals surface area contributed by atoms with Crippen molar-refractivity contribution in [2.24, 2.45) is 4.99 Å². The van der Waals surface area contributed by atoms with E-state index in [-0.39, 0.29) is 5.82 Å². The molecule has 2 fully saturated rings. The fourth-order valence-electron chi connectivity index (χ4n) is 5.54. The summed E-state index contributed by atoms with van der Waals surface area (Å²) in [6.45, 7) is 7.22. The molecule has 3 aliphatic heterocycles. The van der Waals surface area contributed by atoms with Crippen LogP contribution in [0.25, 0.3) is 16.6 Å². The van der Waals surface area contributed by atoms with Crippen molar-refractivity contribution in [1.82, 2.24) is 19.8 Å². The zero-order chi connectivity index (χ0) is 24.6. The lowest BCUT2D eigenvalue weighted by Crippen LogP contribution is -2.52. The maximum Gasteiger partial charge on any atom is 0.132 e. The van der Waals surface area contributed by atoms with Crippen LogP contribution in [0.15, 0.2) is 53.7 Å². The number of likely N-dealkylation sites (N-methyl/N-ethyl adjacent to an activating group) is 1. The third-order valence-electron chi connectivity index (χ3n) is 7.67. The third kappa shape index (κ3) is 4.63. The summed E-state index contributed by atoms with van der Waals surface area (Å²) in [5.41, 5.74) is 5.40. The minimum atomic E-state index is -0.337. The average molecular weight is 505 g/mol. The number of hydrogen-bond acceptors (Lipinski definition) is 6. The highest BCUT2D eigenvalue weighted by atomic mass is 35.5. The standard InChI is InChI=1S/C28H30ClFN6/c1-34-12-14-36(15-13-34)20-7-10-35(11-8-20)21-17-27-26(32-18-21)5-4-25(33-27)22-6-9-31-28(22)23-16-19(29)2-3-24(23)30/h2-6,16-18,20H,7-15H2,1H3. The van der Waals surface area contributed by atoms with Gasteiger partial charge in [0.2, 0.25) is 0 Å². The Morgan fingerprint density at radius 2 is 1.75 bits per heavy atom. The van der Waals surface area contributed by atoms with Crippen molar-refractivity contribution in [1.29, 1.82) is 0 Å². The van der Waals surface area contributed by atoms with Gasteiger partial charge in [-0.3, -0.25) is 14.9 Å². The normalized spacial score (nSPS) is 20.1. The van der Waals surface area contributed by atoms with Crippen molar-refractivity contribution in [2.45, 2.75) is 18.9 Å². The topological polar surface area (TPSA) is 47.9 Å². The molecule has 0 bridgehead atoms. The van der Waals surface area contributed by atoms with Gasteiger partial charge in [0, 0.05) is 61.5 Å². The summed E-state index contributed by atoms with van der Waals surface area (Å²) >= 11 is 6.14. The lowest BCUT2D eigenvalue weighted by Gasteiger charge is -2.42. The van der Waals surface area contributed by atoms with Crippen molar-refractivity contribution in [3.63, 3.8) is 0 Å². The molecule has 6 nitrogen and oxygen atoms in total. The first-order valence-corrected chi connectivity index (χ1v) is 13.1. The number of rotatable bonds is 4. The molecular weight excluding hydrogens is 475 g/mol. The van der Waals surface area contributed by atoms with Crippen LogP contribution in [0.1, 0.15) is 24.1 Å². The van der Waals surface area contributed by atoms with E-state index in [1.807, 2.05) is 24.4 Å². The van der Waals surface area contributed by atoms with Gasteiger partial charge in [-0.2, -0.15) is 0 Å². The first-order valence-electron chi connectivity index (χ1n) is 12.7. The molecule has 0 aliphatic carbocycles. The van der Waals surface area contributed by atoms with E-state index in [2.05, 4.69) is 32.8 Å². The van der Waals surface area contributed by atoms with Crippen molar-refractivity contribution in [3.05, 3.63) is 70.8 Å². The van der Waals surface area contributed by atoms with Crippen molar-refractivity contribution < 1.29 is 4.39 Å². The first-order chi connectivity index (χ1) is 17.5. The molecule has 0 N–H and O–H groups in total. The smallest absolute Gasteiger partial charge is 0.132 e. The predicted octanol–water partition coefficient (Wildman–Crippen LogP) is 4.52. The number of anilines is 1. The maximum atomic E-state index is 14.6. The SMILES string of the molecule is CN1CCN(C2CCN(c3cnc4ccc(C5=CCN=C5c5cc(Cl)ccc5F)nc4c3)CC2)CC1. The van der Waals surface area contributed by atoms with Crippen LogP contribution in [0.4, 0.5) is 10.1 Å². The second kappa shape index (κ2) is 9.88. The van der Waals surface area contributed by atoms with E-state index in [1.54, 1.807) is 12.1 Å². The molecule has 36 heavy (non-hydrogen) atoms. The Bertz CT molecular complexity index is 1340. The Kier molecular flexibility index (Phi) is 6.46. The van der Waals surface area contributed by atoms with Crippen LogP contribution in [0.2, 0.25) is 5.02 Å². The molecule has 0 saturated carbocycles. The van der Waals surface area contributed by atoms with Crippen LogP contribution < -0.4 is 4.90 Å². The predicted molar refractivity (Wildman–Crippen MR) is 145 cm³/mol. The van der Waals surface area contributed by atoms with E-state index in [4.69, 9.17) is 21.6 Å². The van der Waals surface area contributed by atoms with E-state index >= 15 is 0 Å². The van der Waals surface area contributed by atoms with Crippen LogP contribution in [-0.2, 0) is 0 Å². The molecular formula is C28H30ClFN6. The molecule has 1 aromatic carbocycles. The van der Waals surface area contributed by atoms with Crippen LogP contribution in [0.5, 0.6) is 0 Å². The molecule has 0 radical (unpaired) electrons. The fourth-order valence-corrected chi connectivity index (χ4v) is 5.71. The molecule has 8 heteroatoms. The number of halogens is 2. The van der Waals surface area contributed by atoms with E-state index in [0.717, 1.165) is 54.2 Å². The average Bonchev–Trinajstić information content (AvgIpc) is 3.40. The molecule has 0 amide bonds. The number of piperidine rings is 1. The Morgan fingerprint density at radius 3 is 2.56 bits per heavy atom. The zero-order valence-electron chi connectivity index (χ0n) is 20.5. The van der Waals surface area contributed by atoms with Gasteiger partial charge in [-0.05, 0) is 56.3 Å². The van der Waals surface area contributed by atoms with Crippen molar-refractivity contribution in [2.75, 3.05) is 57.8 Å². The summed E-state index contributed by atoms with van der Waals surface area (Å²) in [6.07, 6.45) is 6.30. The number of aromatic nitrogens is 2. The number of allylic oxidation sites excluding steroid dienone is 1. The highest BCUT2D eigenvalue weighted by Gasteiger charge is 2.27. The van der Waals surface area contributed by atoms with Gasteiger partial charge in [-0.15, -0.1) is 0 Å². The fraction of sp³-hybridized carbons (Fsp3) is 0.393. The molecule has 0 spiro atoms. The summed E-state index contributed by atoms with van der Waals surface area (Å²) in [4.78, 5) is 21.7. The number of benzene rings is 1. The minimum absolute atomic E-state index is 0.337. The number of nitrogens with zero attached hydrogens (tertiary/aromatic N) is 6. The zero-order valence-corrected chi connectivity index (χ0v) is 21.3. The van der Waals surface area contributed by atoms with Gasteiger partial charge in [0.1, 0.15) is 5.82 Å². The Balaban J connectivity index is 1.21. The van der Waals surface area contributed by atoms with Crippen LogP contribution in [0, 0.1) is 5.82 Å². The number of hydrogen-bond donors (Lipinski definition) is 0. The van der Waals surface area contributed by atoms with Gasteiger partial charge >= 0.3 is 0 Å². The van der Waals surface area contributed by atoms with E-state index < -0.39 is 0 Å². The molecule has 2 saturated heterocycles. The van der Waals surface area contributed by atoms with Gasteiger partial charge in [0.15, 0.2) is 0 Å². The van der Waals surface area contributed by atoms with E-state index in [1.165, 1.54) is 32.0 Å². The Hall–Kier alpha value is -2.87. The van der Waals surface area contributed by atoms with E-state index in [9.17, 15) is 4.39 Å². The summed E-state index contributed by atoms with van der Waals surface area (Å²) in [6, 6.07) is 11.3. The van der Waals surface area contributed by atoms with Gasteiger partial charge in [-0.1, -0.05) is 17.7 Å². The van der Waals surface area contributed by atoms with Crippen LogP contribution in [0.3, 0.4) is 0 Å². The number of piperazine rings is 1. The minimum Gasteiger partial charge on any atom is -0.370 e. The van der Waals surface area contributed by atoms with Crippen LogP contribution >= 0.6 is 11.6 Å². The second-order valence-electron chi connectivity index (χ2n) is 9.92. The summed E-state index contributed by atoms with van der Waals surface area (Å²) in [5.74, 6) is -0.337. The van der Waals surface area contributed by atoms with Crippen molar-refractivity contribution >= 4 is 39.6 Å². The van der Waals surface area contributed by atoms with Gasteiger partial charge in [0.25, 0.3) is 0 Å². The molecule has 5 heterocycles. The maximum absolute atomic E-state index is 14.6. The summed E-state index contributed by atoms with van der Waals surface area (Å²) in [7, 11) is 2.21. The van der Waals surface area contributed by atoms with Crippen molar-refractivity contribution in [3.8, 4) is 0 Å². The van der Waals surface area contributed by atoms with Gasteiger partial charge < -0.3 is 9.80 Å². The van der Waals surface area contributed by atoms with Crippen LogP contribution in [-0.4, -0.2) is 84.4 Å². The molecule has 3 aromatic rings. The third-order valence-corrected chi connectivity index (χ3v) is 7.90. The Morgan fingerprint density at radius 1 is 0.944 bits per heavy atom. The summed E-state index contributed by atoms with van der Waals surface area (Å²) in [5, 5.41) is 0.483.